The zero-order chi connectivity index (χ0) is 14.4. The maximum absolute atomic E-state index is 13.8. The highest BCUT2D eigenvalue weighted by Crippen LogP contribution is 2.39. The van der Waals surface area contributed by atoms with Crippen molar-refractivity contribution in [3.05, 3.63) is 45.7 Å². The number of carbonyl (C=O) groups is 1. The van der Waals surface area contributed by atoms with E-state index in [0.717, 1.165) is 17.0 Å². The summed E-state index contributed by atoms with van der Waals surface area (Å²) in [6.45, 7) is 0.159. The molecule has 104 valence electrons. The molecule has 3 rings (SSSR count). The van der Waals surface area contributed by atoms with Crippen LogP contribution in [-0.2, 0) is 11.3 Å². The average Bonchev–Trinajstić information content (AvgIpc) is 2.87. The number of nitrogen functional groups attached to an aromatic ring is 1. The average molecular weight is 295 g/mol. The lowest BCUT2D eigenvalue weighted by atomic mass is 10.1. The SMILES string of the molecule is Nc1ccsc1CN1C(=O)C(N)c2c(F)cc(F)cc21. The summed E-state index contributed by atoms with van der Waals surface area (Å²) in [5, 5.41) is 1.79. The molecule has 4 N–H and O–H groups in total. The normalized spacial score (nSPS) is 17.6. The summed E-state index contributed by atoms with van der Waals surface area (Å²) >= 11 is 1.38. The Morgan fingerprint density at radius 1 is 1.35 bits per heavy atom. The number of rotatable bonds is 2. The number of halogens is 2. The first-order valence-electron chi connectivity index (χ1n) is 5.86. The molecule has 0 saturated heterocycles. The fourth-order valence-electron chi connectivity index (χ4n) is 2.30. The van der Waals surface area contributed by atoms with E-state index < -0.39 is 23.6 Å². The minimum absolute atomic E-state index is 0.0338. The summed E-state index contributed by atoms with van der Waals surface area (Å²) < 4.78 is 27.2. The molecule has 1 atom stereocenters. The van der Waals surface area contributed by atoms with Crippen LogP contribution in [0, 0.1) is 11.6 Å². The molecule has 2 aromatic rings. The minimum atomic E-state index is -1.10. The zero-order valence-corrected chi connectivity index (χ0v) is 11.1. The Kier molecular flexibility index (Phi) is 2.95. The molecule has 20 heavy (non-hydrogen) atoms. The number of hydrogen-bond acceptors (Lipinski definition) is 4. The second-order valence-corrected chi connectivity index (χ2v) is 5.52. The van der Waals surface area contributed by atoms with Gasteiger partial charge in [0.05, 0.1) is 12.2 Å². The molecule has 0 radical (unpaired) electrons. The summed E-state index contributed by atoms with van der Waals surface area (Å²) in [7, 11) is 0. The highest BCUT2D eigenvalue weighted by Gasteiger charge is 2.38. The number of amides is 1. The van der Waals surface area contributed by atoms with Gasteiger partial charge < -0.3 is 16.4 Å². The van der Waals surface area contributed by atoms with E-state index in [1.807, 2.05) is 0 Å². The largest absolute Gasteiger partial charge is 0.398 e. The Morgan fingerprint density at radius 3 is 2.75 bits per heavy atom. The molecule has 1 aromatic heterocycles. The van der Waals surface area contributed by atoms with Crippen LogP contribution in [0.3, 0.4) is 0 Å². The van der Waals surface area contributed by atoms with Crippen molar-refractivity contribution in [1.29, 1.82) is 0 Å². The Hall–Kier alpha value is -1.99. The summed E-state index contributed by atoms with van der Waals surface area (Å²) in [6.07, 6.45) is 0. The third-order valence-electron chi connectivity index (χ3n) is 3.29. The van der Waals surface area contributed by atoms with E-state index in [1.54, 1.807) is 11.4 Å². The molecule has 0 aliphatic carbocycles. The van der Waals surface area contributed by atoms with E-state index in [1.165, 1.54) is 16.2 Å². The summed E-state index contributed by atoms with van der Waals surface area (Å²) in [4.78, 5) is 14.2. The topological polar surface area (TPSA) is 72.3 Å². The number of carbonyl (C=O) groups excluding carboxylic acids is 1. The van der Waals surface area contributed by atoms with E-state index in [9.17, 15) is 13.6 Å². The number of thiophene rings is 1. The van der Waals surface area contributed by atoms with Crippen LogP contribution >= 0.6 is 11.3 Å². The second kappa shape index (κ2) is 4.53. The van der Waals surface area contributed by atoms with Crippen molar-refractivity contribution in [1.82, 2.24) is 0 Å². The van der Waals surface area contributed by atoms with Crippen molar-refractivity contribution in [2.45, 2.75) is 12.6 Å². The molecule has 2 heterocycles. The van der Waals surface area contributed by atoms with Crippen LogP contribution in [0.2, 0.25) is 0 Å². The van der Waals surface area contributed by atoms with Gasteiger partial charge in [-0.3, -0.25) is 4.79 Å². The number of anilines is 2. The molecule has 7 heteroatoms. The maximum atomic E-state index is 13.8. The van der Waals surface area contributed by atoms with Crippen molar-refractivity contribution < 1.29 is 13.6 Å². The molecule has 0 bridgehead atoms. The van der Waals surface area contributed by atoms with E-state index in [4.69, 9.17) is 11.5 Å². The third kappa shape index (κ3) is 1.86. The summed E-state index contributed by atoms with van der Waals surface area (Å²) in [5.74, 6) is -2.01. The molecule has 1 amide bonds. The maximum Gasteiger partial charge on any atom is 0.249 e. The minimum Gasteiger partial charge on any atom is -0.398 e. The van der Waals surface area contributed by atoms with Crippen molar-refractivity contribution in [2.75, 3.05) is 10.6 Å². The summed E-state index contributed by atoms with van der Waals surface area (Å²) in [6, 6.07) is 2.46. The van der Waals surface area contributed by atoms with Gasteiger partial charge in [0.1, 0.15) is 17.7 Å². The Labute approximate surface area is 117 Å². The molecule has 0 saturated carbocycles. The number of fused-ring (bicyclic) bond motifs is 1. The first-order chi connectivity index (χ1) is 9.49. The van der Waals surface area contributed by atoms with Crippen molar-refractivity contribution in [2.24, 2.45) is 5.73 Å². The predicted molar refractivity (Wildman–Crippen MR) is 73.2 cm³/mol. The van der Waals surface area contributed by atoms with Crippen LogP contribution in [0.5, 0.6) is 0 Å². The third-order valence-corrected chi connectivity index (χ3v) is 4.21. The lowest BCUT2D eigenvalue weighted by molar-refractivity contribution is -0.119. The first-order valence-corrected chi connectivity index (χ1v) is 6.74. The number of nitrogens with two attached hydrogens (primary N) is 2. The lowest BCUT2D eigenvalue weighted by Gasteiger charge is -2.17. The molecule has 1 aliphatic rings. The van der Waals surface area contributed by atoms with Crippen LogP contribution in [0.25, 0.3) is 0 Å². The number of hydrogen-bond donors (Lipinski definition) is 2. The lowest BCUT2D eigenvalue weighted by Crippen LogP contribution is -2.31. The van der Waals surface area contributed by atoms with Gasteiger partial charge in [0, 0.05) is 22.2 Å². The molecule has 4 nitrogen and oxygen atoms in total. The van der Waals surface area contributed by atoms with Gasteiger partial charge in [0.2, 0.25) is 5.91 Å². The molecule has 1 aliphatic heterocycles. The first kappa shape index (κ1) is 13.0. The van der Waals surface area contributed by atoms with Crippen molar-refractivity contribution >= 4 is 28.6 Å². The van der Waals surface area contributed by atoms with Gasteiger partial charge in [-0.1, -0.05) is 0 Å². The highest BCUT2D eigenvalue weighted by molar-refractivity contribution is 7.10. The molecule has 1 unspecified atom stereocenters. The van der Waals surface area contributed by atoms with Gasteiger partial charge in [0.25, 0.3) is 0 Å². The van der Waals surface area contributed by atoms with Crippen LogP contribution < -0.4 is 16.4 Å². The van der Waals surface area contributed by atoms with Gasteiger partial charge in [-0.15, -0.1) is 11.3 Å². The van der Waals surface area contributed by atoms with Gasteiger partial charge in [-0.05, 0) is 17.5 Å². The highest BCUT2D eigenvalue weighted by atomic mass is 32.1. The van der Waals surface area contributed by atoms with Crippen LogP contribution in [0.1, 0.15) is 16.5 Å². The van der Waals surface area contributed by atoms with E-state index in [-0.39, 0.29) is 17.8 Å². The standard InChI is InChI=1S/C13H11F2N3OS/c14-6-3-7(15)11-9(4-6)18(13(19)12(11)17)5-10-8(16)1-2-20-10/h1-4,12H,5,16-17H2. The number of nitrogens with zero attached hydrogens (tertiary/aromatic N) is 1. The monoisotopic (exact) mass is 295 g/mol. The Morgan fingerprint density at radius 2 is 2.10 bits per heavy atom. The fourth-order valence-corrected chi connectivity index (χ4v) is 3.08. The van der Waals surface area contributed by atoms with E-state index >= 15 is 0 Å². The van der Waals surface area contributed by atoms with Crippen molar-refractivity contribution in [3.63, 3.8) is 0 Å². The summed E-state index contributed by atoms with van der Waals surface area (Å²) in [5.41, 5.74) is 12.2. The van der Waals surface area contributed by atoms with Gasteiger partial charge >= 0.3 is 0 Å². The molecule has 0 fully saturated rings. The van der Waals surface area contributed by atoms with E-state index in [0.29, 0.717) is 5.69 Å². The van der Waals surface area contributed by atoms with Gasteiger partial charge in [0.15, 0.2) is 0 Å². The zero-order valence-electron chi connectivity index (χ0n) is 10.3. The number of benzene rings is 1. The Balaban J connectivity index is 2.06. The van der Waals surface area contributed by atoms with Crippen LogP contribution in [0.4, 0.5) is 20.2 Å². The van der Waals surface area contributed by atoms with Gasteiger partial charge in [-0.2, -0.15) is 0 Å². The molecular formula is C13H11F2N3OS. The van der Waals surface area contributed by atoms with Gasteiger partial charge in [-0.25, -0.2) is 8.78 Å². The van der Waals surface area contributed by atoms with E-state index in [2.05, 4.69) is 0 Å². The quantitative estimate of drug-likeness (QED) is 0.891. The second-order valence-electron chi connectivity index (χ2n) is 4.52. The Bertz CT molecular complexity index is 701. The molecule has 0 spiro atoms. The predicted octanol–water partition coefficient (Wildman–Crippen LogP) is 2.16. The smallest absolute Gasteiger partial charge is 0.249 e. The molecular weight excluding hydrogens is 284 g/mol. The van der Waals surface area contributed by atoms with Crippen LogP contribution in [-0.4, -0.2) is 5.91 Å². The van der Waals surface area contributed by atoms with Crippen LogP contribution in [0.15, 0.2) is 23.6 Å². The fraction of sp³-hybridized carbons (Fsp3) is 0.154. The van der Waals surface area contributed by atoms with Crippen molar-refractivity contribution in [3.8, 4) is 0 Å². The molecule has 1 aromatic carbocycles.